The summed E-state index contributed by atoms with van der Waals surface area (Å²) in [6.45, 7) is 12.4. The van der Waals surface area contributed by atoms with E-state index >= 15 is 0 Å². The number of phenolic OH excluding ortho intramolecular Hbond substituents is 1. The van der Waals surface area contributed by atoms with E-state index < -0.39 is 4.32 Å². The first-order valence-electron chi connectivity index (χ1n) is 6.44. The van der Waals surface area contributed by atoms with Crippen molar-refractivity contribution in [2.75, 3.05) is 0 Å². The second-order valence-corrected chi connectivity index (χ2v) is 8.22. The number of hydrogen-bond donors (Lipinski definition) is 1. The number of ketones is 1. The summed E-state index contributed by atoms with van der Waals surface area (Å²) in [7, 11) is 0. The van der Waals surface area contributed by atoms with Crippen molar-refractivity contribution in [3.8, 4) is 5.75 Å². The lowest BCUT2D eigenvalue weighted by molar-refractivity contribution is 0.0716. The van der Waals surface area contributed by atoms with Gasteiger partial charge < -0.3 is 5.11 Å². The standard InChI is InChI=1S/C16H23BrO2/c1-14(2,3)16(17,15(4,5)6)13(19)11-7-9-12(18)10-8-11/h7-10,18H,1-6H3. The number of aromatic hydroxyl groups is 1. The third-order valence-corrected chi connectivity index (χ3v) is 6.25. The number of alkyl halides is 1. The van der Waals surface area contributed by atoms with Crippen LogP contribution >= 0.6 is 15.9 Å². The molecule has 0 atom stereocenters. The molecule has 0 saturated carbocycles. The maximum atomic E-state index is 12.9. The molecule has 0 spiro atoms. The van der Waals surface area contributed by atoms with Gasteiger partial charge in [-0.1, -0.05) is 57.5 Å². The molecule has 1 aromatic carbocycles. The van der Waals surface area contributed by atoms with Crippen molar-refractivity contribution in [3.63, 3.8) is 0 Å². The summed E-state index contributed by atoms with van der Waals surface area (Å²) in [5.74, 6) is 0.218. The summed E-state index contributed by atoms with van der Waals surface area (Å²) in [5.41, 5.74) is 0.139. The monoisotopic (exact) mass is 326 g/mol. The van der Waals surface area contributed by atoms with Crippen LogP contribution in [-0.4, -0.2) is 15.2 Å². The van der Waals surface area contributed by atoms with Crippen LogP contribution in [-0.2, 0) is 0 Å². The highest BCUT2D eigenvalue weighted by Gasteiger charge is 2.54. The van der Waals surface area contributed by atoms with Gasteiger partial charge in [-0.25, -0.2) is 0 Å². The minimum atomic E-state index is -0.677. The van der Waals surface area contributed by atoms with E-state index in [1.807, 2.05) is 0 Å². The molecule has 1 N–H and O–H groups in total. The highest BCUT2D eigenvalue weighted by Crippen LogP contribution is 2.52. The van der Waals surface area contributed by atoms with Gasteiger partial charge in [0.1, 0.15) is 5.75 Å². The molecule has 0 bridgehead atoms. The van der Waals surface area contributed by atoms with Crippen molar-refractivity contribution < 1.29 is 9.90 Å². The molecule has 106 valence electrons. The highest BCUT2D eigenvalue weighted by molar-refractivity contribution is 9.10. The number of carbonyl (C=O) groups excluding carboxylic acids is 1. The van der Waals surface area contributed by atoms with Crippen LogP contribution in [0.2, 0.25) is 0 Å². The van der Waals surface area contributed by atoms with Crippen LogP contribution in [0.4, 0.5) is 0 Å². The Hall–Kier alpha value is -0.830. The number of carbonyl (C=O) groups is 1. The smallest absolute Gasteiger partial charge is 0.180 e. The Morgan fingerprint density at radius 1 is 0.947 bits per heavy atom. The van der Waals surface area contributed by atoms with Crippen LogP contribution < -0.4 is 0 Å². The maximum absolute atomic E-state index is 12.9. The van der Waals surface area contributed by atoms with Crippen molar-refractivity contribution >= 4 is 21.7 Å². The van der Waals surface area contributed by atoms with Gasteiger partial charge in [0.2, 0.25) is 0 Å². The van der Waals surface area contributed by atoms with E-state index in [2.05, 4.69) is 57.5 Å². The molecule has 0 unspecified atom stereocenters. The van der Waals surface area contributed by atoms with Crippen LogP contribution in [0, 0.1) is 10.8 Å². The quantitative estimate of drug-likeness (QED) is 0.626. The summed E-state index contributed by atoms with van der Waals surface area (Å²) in [6.07, 6.45) is 0. The van der Waals surface area contributed by atoms with Gasteiger partial charge in [-0.2, -0.15) is 0 Å². The molecule has 0 fully saturated rings. The summed E-state index contributed by atoms with van der Waals surface area (Å²) in [4.78, 5) is 12.9. The lowest BCUT2D eigenvalue weighted by atomic mass is 9.63. The maximum Gasteiger partial charge on any atom is 0.180 e. The molecular weight excluding hydrogens is 304 g/mol. The lowest BCUT2D eigenvalue weighted by Crippen LogP contribution is -2.54. The fourth-order valence-electron chi connectivity index (χ4n) is 2.62. The lowest BCUT2D eigenvalue weighted by Gasteiger charge is -2.48. The second kappa shape index (κ2) is 4.93. The molecule has 0 saturated heterocycles. The average molecular weight is 327 g/mol. The Bertz CT molecular complexity index is 447. The Labute approximate surface area is 124 Å². The SMILES string of the molecule is CC(C)(C)C(Br)(C(=O)c1ccc(O)cc1)C(C)(C)C. The van der Waals surface area contributed by atoms with Crippen molar-refractivity contribution in [3.05, 3.63) is 29.8 Å². The van der Waals surface area contributed by atoms with Gasteiger partial charge in [0.25, 0.3) is 0 Å². The third kappa shape index (κ3) is 2.86. The minimum absolute atomic E-state index is 0.0486. The predicted octanol–water partition coefficient (Wildman–Crippen LogP) is 4.80. The molecule has 0 aliphatic rings. The van der Waals surface area contributed by atoms with Gasteiger partial charge in [-0.05, 0) is 35.1 Å². The van der Waals surface area contributed by atoms with E-state index in [0.29, 0.717) is 5.56 Å². The summed E-state index contributed by atoms with van der Waals surface area (Å²) in [6, 6.07) is 6.44. The first-order valence-corrected chi connectivity index (χ1v) is 7.23. The van der Waals surface area contributed by atoms with Crippen LogP contribution in [0.3, 0.4) is 0 Å². The van der Waals surface area contributed by atoms with Gasteiger partial charge >= 0.3 is 0 Å². The van der Waals surface area contributed by atoms with Gasteiger partial charge in [-0.3, -0.25) is 4.79 Å². The fraction of sp³-hybridized carbons (Fsp3) is 0.562. The molecule has 0 aliphatic heterocycles. The van der Waals surface area contributed by atoms with Crippen molar-refractivity contribution in [2.45, 2.75) is 45.9 Å². The average Bonchev–Trinajstić information content (AvgIpc) is 2.25. The van der Waals surface area contributed by atoms with Crippen LogP contribution in [0.25, 0.3) is 0 Å². The van der Waals surface area contributed by atoms with E-state index in [4.69, 9.17) is 0 Å². The van der Waals surface area contributed by atoms with Gasteiger partial charge in [0.15, 0.2) is 5.78 Å². The molecule has 19 heavy (non-hydrogen) atoms. The van der Waals surface area contributed by atoms with E-state index in [0.717, 1.165) is 0 Å². The topological polar surface area (TPSA) is 37.3 Å². The summed E-state index contributed by atoms with van der Waals surface area (Å²) >= 11 is 3.74. The molecule has 0 aliphatic carbocycles. The highest BCUT2D eigenvalue weighted by atomic mass is 79.9. The molecule has 3 heteroatoms. The van der Waals surface area contributed by atoms with E-state index in [1.54, 1.807) is 24.3 Å². The Morgan fingerprint density at radius 3 is 1.63 bits per heavy atom. The normalized spacial score (nSPS) is 13.4. The second-order valence-electron chi connectivity index (χ2n) is 7.03. The minimum Gasteiger partial charge on any atom is -0.508 e. The van der Waals surface area contributed by atoms with Gasteiger partial charge in [0.05, 0.1) is 4.32 Å². The Kier molecular flexibility index (Phi) is 4.21. The Balaban J connectivity index is 3.36. The zero-order valence-electron chi connectivity index (χ0n) is 12.5. The first kappa shape index (κ1) is 16.2. The molecule has 0 radical (unpaired) electrons. The fourth-order valence-corrected chi connectivity index (χ4v) is 2.85. The van der Waals surface area contributed by atoms with E-state index in [1.165, 1.54) is 0 Å². The molecular formula is C16H23BrO2. The zero-order valence-corrected chi connectivity index (χ0v) is 14.1. The molecule has 1 aromatic rings. The number of Topliss-reactive ketones (excluding diaryl/α,β-unsaturated/α-hetero) is 1. The van der Waals surface area contributed by atoms with Crippen molar-refractivity contribution in [1.82, 2.24) is 0 Å². The summed E-state index contributed by atoms with van der Waals surface area (Å²) < 4.78 is -0.677. The molecule has 0 heterocycles. The van der Waals surface area contributed by atoms with Crippen LogP contribution in [0.15, 0.2) is 24.3 Å². The van der Waals surface area contributed by atoms with E-state index in [9.17, 15) is 9.90 Å². The Morgan fingerprint density at radius 2 is 1.32 bits per heavy atom. The molecule has 0 aromatic heterocycles. The summed E-state index contributed by atoms with van der Waals surface area (Å²) in [5, 5.41) is 9.34. The van der Waals surface area contributed by atoms with Crippen LogP contribution in [0.5, 0.6) is 5.75 Å². The molecule has 0 amide bonds. The number of benzene rings is 1. The molecule has 2 nitrogen and oxygen atoms in total. The van der Waals surface area contributed by atoms with Crippen molar-refractivity contribution in [1.29, 1.82) is 0 Å². The van der Waals surface area contributed by atoms with Gasteiger partial charge in [-0.15, -0.1) is 0 Å². The zero-order chi connectivity index (χ0) is 15.1. The largest absolute Gasteiger partial charge is 0.508 e. The molecule has 1 rings (SSSR count). The van der Waals surface area contributed by atoms with Crippen LogP contribution in [0.1, 0.15) is 51.9 Å². The van der Waals surface area contributed by atoms with Crippen molar-refractivity contribution in [2.24, 2.45) is 10.8 Å². The predicted molar refractivity (Wildman–Crippen MR) is 83.0 cm³/mol. The van der Waals surface area contributed by atoms with E-state index in [-0.39, 0.29) is 22.4 Å². The van der Waals surface area contributed by atoms with Gasteiger partial charge in [0, 0.05) is 5.56 Å². The number of phenols is 1. The number of halogens is 1. The first-order chi connectivity index (χ1) is 8.41. The number of hydrogen-bond acceptors (Lipinski definition) is 2. The number of rotatable bonds is 2. The third-order valence-electron chi connectivity index (χ3n) is 3.51.